The first kappa shape index (κ1) is 10.2. The van der Waals surface area contributed by atoms with E-state index in [1.807, 2.05) is 26.0 Å². The summed E-state index contributed by atoms with van der Waals surface area (Å²) in [6, 6.07) is 4.07. The molecule has 0 fully saturated rings. The Balaban J connectivity index is 3.12. The maximum absolute atomic E-state index is 9.96. The van der Waals surface area contributed by atoms with Crippen LogP contribution in [0.1, 0.15) is 16.7 Å². The Morgan fingerprint density at radius 1 is 1.46 bits per heavy atom. The lowest BCUT2D eigenvalue weighted by Gasteiger charge is -2.05. The third kappa shape index (κ3) is 2.51. The van der Waals surface area contributed by atoms with Crippen LogP contribution < -0.4 is 0 Å². The summed E-state index contributed by atoms with van der Waals surface area (Å²) < 4.78 is 1.06. The average molecular weight is 240 g/mol. The van der Waals surface area contributed by atoms with Crippen LogP contribution in [0, 0.1) is 13.8 Å². The van der Waals surface area contributed by atoms with Crippen LogP contribution in [0.25, 0.3) is 0 Å². The second-order valence-electron chi connectivity index (χ2n) is 2.94. The number of nitrogens with zero attached hydrogens (tertiary/aromatic N) is 1. The third-order valence-electron chi connectivity index (χ3n) is 1.91. The van der Waals surface area contributed by atoms with Crippen LogP contribution in [0.15, 0.2) is 21.6 Å². The van der Waals surface area contributed by atoms with E-state index in [4.69, 9.17) is 0 Å². The first-order valence-electron chi connectivity index (χ1n) is 3.94. The van der Waals surface area contributed by atoms with Crippen LogP contribution in [-0.2, 0) is 11.3 Å². The highest BCUT2D eigenvalue weighted by Gasteiger charge is 2.02. The van der Waals surface area contributed by atoms with Gasteiger partial charge in [0, 0.05) is 4.47 Å². The van der Waals surface area contributed by atoms with Crippen molar-refractivity contribution in [3.05, 3.63) is 33.3 Å². The predicted octanol–water partition coefficient (Wildman–Crippen LogP) is 2.90. The number of isocyanates is 1. The number of aryl methyl sites for hydroxylation is 1. The Labute approximate surface area is 85.8 Å². The van der Waals surface area contributed by atoms with Crippen molar-refractivity contribution >= 4 is 22.0 Å². The van der Waals surface area contributed by atoms with Gasteiger partial charge in [0.1, 0.15) is 0 Å². The highest BCUT2D eigenvalue weighted by Crippen LogP contribution is 2.22. The SMILES string of the molecule is Cc1cc(Br)c(C)c(CN=C=O)c1. The van der Waals surface area contributed by atoms with Crippen molar-refractivity contribution in [2.45, 2.75) is 20.4 Å². The van der Waals surface area contributed by atoms with Crippen molar-refractivity contribution in [2.24, 2.45) is 4.99 Å². The van der Waals surface area contributed by atoms with E-state index in [2.05, 4.69) is 20.9 Å². The van der Waals surface area contributed by atoms with Gasteiger partial charge in [-0.1, -0.05) is 22.0 Å². The molecule has 13 heavy (non-hydrogen) atoms. The van der Waals surface area contributed by atoms with E-state index in [0.29, 0.717) is 6.54 Å². The number of aliphatic imine (C=N–C) groups is 1. The Morgan fingerprint density at radius 3 is 2.77 bits per heavy atom. The van der Waals surface area contributed by atoms with E-state index in [1.54, 1.807) is 6.08 Å². The Bertz CT molecular complexity index is 367. The standard InChI is InChI=1S/C10H10BrNO/c1-7-3-9(5-12-6-13)8(2)10(11)4-7/h3-4H,5H2,1-2H3. The second kappa shape index (κ2) is 4.35. The van der Waals surface area contributed by atoms with Crippen LogP contribution in [0.3, 0.4) is 0 Å². The van der Waals surface area contributed by atoms with Crippen LogP contribution in [0.5, 0.6) is 0 Å². The lowest BCUT2D eigenvalue weighted by Crippen LogP contribution is -1.90. The highest BCUT2D eigenvalue weighted by molar-refractivity contribution is 9.10. The second-order valence-corrected chi connectivity index (χ2v) is 3.79. The van der Waals surface area contributed by atoms with Gasteiger partial charge in [-0.3, -0.25) is 0 Å². The van der Waals surface area contributed by atoms with Crippen molar-refractivity contribution in [2.75, 3.05) is 0 Å². The van der Waals surface area contributed by atoms with Crippen molar-refractivity contribution in [1.82, 2.24) is 0 Å². The molecular formula is C10H10BrNO. The van der Waals surface area contributed by atoms with Crippen LogP contribution in [-0.4, -0.2) is 6.08 Å². The molecule has 1 rings (SSSR count). The van der Waals surface area contributed by atoms with E-state index >= 15 is 0 Å². The molecule has 0 unspecified atom stereocenters. The van der Waals surface area contributed by atoms with Crippen LogP contribution in [0.2, 0.25) is 0 Å². The molecule has 0 aliphatic rings. The molecule has 0 saturated carbocycles. The largest absolute Gasteiger partial charge is 0.235 e. The molecule has 0 spiro atoms. The summed E-state index contributed by atoms with van der Waals surface area (Å²) in [7, 11) is 0. The normalized spacial score (nSPS) is 9.46. The minimum Gasteiger partial charge on any atom is -0.211 e. The van der Waals surface area contributed by atoms with Gasteiger partial charge >= 0.3 is 0 Å². The van der Waals surface area contributed by atoms with Crippen LogP contribution in [0.4, 0.5) is 0 Å². The molecule has 0 atom stereocenters. The Hall–Kier alpha value is -0.920. The molecule has 0 radical (unpaired) electrons. The average Bonchev–Trinajstić information content (AvgIpc) is 2.09. The van der Waals surface area contributed by atoms with Gasteiger partial charge < -0.3 is 0 Å². The van der Waals surface area contributed by atoms with Crippen molar-refractivity contribution in [3.63, 3.8) is 0 Å². The molecule has 1 aromatic carbocycles. The van der Waals surface area contributed by atoms with E-state index < -0.39 is 0 Å². The van der Waals surface area contributed by atoms with Gasteiger partial charge in [-0.25, -0.2) is 9.79 Å². The zero-order valence-electron chi connectivity index (χ0n) is 7.60. The molecule has 68 valence electrons. The number of benzene rings is 1. The monoisotopic (exact) mass is 239 g/mol. The molecule has 0 saturated heterocycles. The van der Waals surface area contributed by atoms with Gasteiger partial charge in [0.05, 0.1) is 6.54 Å². The molecule has 1 aromatic rings. The zero-order chi connectivity index (χ0) is 9.84. The molecule has 0 amide bonds. The summed E-state index contributed by atoms with van der Waals surface area (Å²) in [6.07, 6.45) is 1.54. The fourth-order valence-corrected chi connectivity index (χ4v) is 1.78. The van der Waals surface area contributed by atoms with E-state index in [9.17, 15) is 4.79 Å². The fourth-order valence-electron chi connectivity index (χ4n) is 1.17. The predicted molar refractivity (Wildman–Crippen MR) is 55.4 cm³/mol. The van der Waals surface area contributed by atoms with Gasteiger partial charge in [-0.15, -0.1) is 0 Å². The molecule has 0 N–H and O–H groups in total. The van der Waals surface area contributed by atoms with Gasteiger partial charge in [0.15, 0.2) is 0 Å². The number of carbonyl (C=O) groups excluding carboxylic acids is 1. The molecular weight excluding hydrogens is 230 g/mol. The van der Waals surface area contributed by atoms with Crippen LogP contribution >= 0.6 is 15.9 Å². The molecule has 0 heterocycles. The van der Waals surface area contributed by atoms with Crippen molar-refractivity contribution < 1.29 is 4.79 Å². The summed E-state index contributed by atoms with van der Waals surface area (Å²) in [4.78, 5) is 13.5. The molecule has 0 bridgehead atoms. The van der Waals surface area contributed by atoms with Crippen molar-refractivity contribution in [3.8, 4) is 0 Å². The maximum atomic E-state index is 9.96. The zero-order valence-corrected chi connectivity index (χ0v) is 9.18. The lowest BCUT2D eigenvalue weighted by atomic mass is 10.1. The highest BCUT2D eigenvalue weighted by atomic mass is 79.9. The first-order valence-corrected chi connectivity index (χ1v) is 4.73. The summed E-state index contributed by atoms with van der Waals surface area (Å²) in [5.74, 6) is 0. The van der Waals surface area contributed by atoms with E-state index in [1.165, 1.54) is 0 Å². The van der Waals surface area contributed by atoms with Gasteiger partial charge in [0.25, 0.3) is 0 Å². The van der Waals surface area contributed by atoms with E-state index in [-0.39, 0.29) is 0 Å². The van der Waals surface area contributed by atoms with Gasteiger partial charge in [0.2, 0.25) is 6.08 Å². The summed E-state index contributed by atoms with van der Waals surface area (Å²) in [5, 5.41) is 0. The number of rotatable bonds is 2. The molecule has 0 aromatic heterocycles. The number of hydrogen-bond acceptors (Lipinski definition) is 2. The topological polar surface area (TPSA) is 29.4 Å². The first-order chi connectivity index (χ1) is 6.15. The van der Waals surface area contributed by atoms with E-state index in [0.717, 1.165) is 21.2 Å². The summed E-state index contributed by atoms with van der Waals surface area (Å²) >= 11 is 3.45. The third-order valence-corrected chi connectivity index (χ3v) is 2.73. The smallest absolute Gasteiger partial charge is 0.211 e. The quantitative estimate of drug-likeness (QED) is 0.577. The summed E-state index contributed by atoms with van der Waals surface area (Å²) in [5.41, 5.74) is 3.35. The molecule has 0 aliphatic carbocycles. The summed E-state index contributed by atoms with van der Waals surface area (Å²) in [6.45, 7) is 4.42. The number of halogens is 1. The van der Waals surface area contributed by atoms with Gasteiger partial charge in [-0.05, 0) is 36.6 Å². The molecule has 2 nitrogen and oxygen atoms in total. The molecule has 0 aliphatic heterocycles. The fraction of sp³-hybridized carbons (Fsp3) is 0.300. The number of hydrogen-bond donors (Lipinski definition) is 0. The Morgan fingerprint density at radius 2 is 2.15 bits per heavy atom. The van der Waals surface area contributed by atoms with Crippen molar-refractivity contribution in [1.29, 1.82) is 0 Å². The minimum absolute atomic E-state index is 0.412. The minimum atomic E-state index is 0.412. The lowest BCUT2D eigenvalue weighted by molar-refractivity contribution is 0.562. The molecule has 3 heteroatoms. The maximum Gasteiger partial charge on any atom is 0.235 e. The Kier molecular flexibility index (Phi) is 3.40. The van der Waals surface area contributed by atoms with Gasteiger partial charge in [-0.2, -0.15) is 0 Å².